The Morgan fingerprint density at radius 1 is 1.32 bits per heavy atom. The number of carbonyl (C=O) groups excluding carboxylic acids is 1. The van der Waals surface area contributed by atoms with Gasteiger partial charge in [-0.1, -0.05) is 13.3 Å². The Bertz CT molecular complexity index is 317. The summed E-state index contributed by atoms with van der Waals surface area (Å²) in [5.74, 6) is -0.920. The predicted molar refractivity (Wildman–Crippen MR) is 73.9 cm³/mol. The quantitative estimate of drug-likeness (QED) is 0.767. The van der Waals surface area contributed by atoms with E-state index in [0.29, 0.717) is 0 Å². The zero-order valence-electron chi connectivity index (χ0n) is 12.2. The molecule has 0 spiro atoms. The number of carboxylic acids is 1. The number of carbonyl (C=O) groups is 2. The van der Waals surface area contributed by atoms with Gasteiger partial charge in [0.25, 0.3) is 0 Å². The minimum Gasteiger partial charge on any atom is -0.480 e. The van der Waals surface area contributed by atoms with Gasteiger partial charge < -0.3 is 15.3 Å². The molecular weight excluding hydrogens is 244 g/mol. The van der Waals surface area contributed by atoms with Crippen molar-refractivity contribution in [1.82, 2.24) is 10.2 Å². The molecule has 19 heavy (non-hydrogen) atoms. The maximum atomic E-state index is 12.8. The average molecular weight is 270 g/mol. The van der Waals surface area contributed by atoms with E-state index in [1.165, 1.54) is 4.90 Å². The van der Waals surface area contributed by atoms with E-state index in [1.54, 1.807) is 0 Å². The fourth-order valence-electron chi connectivity index (χ4n) is 2.89. The minimum absolute atomic E-state index is 0.0215. The first-order chi connectivity index (χ1) is 8.93. The van der Waals surface area contributed by atoms with Crippen LogP contribution in [0.3, 0.4) is 0 Å². The molecule has 1 aliphatic rings. The number of carboxylic acid groups (broad SMARTS) is 1. The van der Waals surface area contributed by atoms with E-state index in [1.807, 2.05) is 13.8 Å². The zero-order chi connectivity index (χ0) is 14.5. The van der Waals surface area contributed by atoms with Crippen LogP contribution in [0.2, 0.25) is 0 Å². The van der Waals surface area contributed by atoms with E-state index in [0.717, 1.165) is 38.8 Å². The third-order valence-electron chi connectivity index (χ3n) is 3.93. The Kier molecular flexibility index (Phi) is 5.79. The van der Waals surface area contributed by atoms with Gasteiger partial charge in [0.15, 0.2) is 0 Å². The Morgan fingerprint density at radius 2 is 1.89 bits per heavy atom. The molecule has 5 heteroatoms. The molecule has 0 atom stereocenters. The molecule has 2 N–H and O–H groups in total. The van der Waals surface area contributed by atoms with Gasteiger partial charge in [0.05, 0.1) is 5.41 Å². The van der Waals surface area contributed by atoms with Crippen LogP contribution in [0, 0.1) is 5.41 Å². The summed E-state index contributed by atoms with van der Waals surface area (Å²) in [6.45, 7) is 7.31. The maximum Gasteiger partial charge on any atom is 0.323 e. The molecule has 110 valence electrons. The van der Waals surface area contributed by atoms with Gasteiger partial charge in [-0.05, 0) is 46.2 Å². The molecule has 0 unspecified atom stereocenters. The van der Waals surface area contributed by atoms with Crippen molar-refractivity contribution in [2.75, 3.05) is 19.6 Å². The summed E-state index contributed by atoms with van der Waals surface area (Å²) < 4.78 is 0. The second-order valence-electron chi connectivity index (χ2n) is 5.70. The number of amides is 1. The molecule has 1 amide bonds. The number of nitrogens with one attached hydrogen (secondary N) is 1. The van der Waals surface area contributed by atoms with Gasteiger partial charge in [-0.3, -0.25) is 9.59 Å². The molecular formula is C14H26N2O3. The lowest BCUT2D eigenvalue weighted by Gasteiger charge is -2.41. The monoisotopic (exact) mass is 270 g/mol. The third-order valence-corrected chi connectivity index (χ3v) is 3.93. The fraction of sp³-hybridized carbons (Fsp3) is 0.857. The van der Waals surface area contributed by atoms with Crippen LogP contribution >= 0.6 is 0 Å². The highest BCUT2D eigenvalue weighted by molar-refractivity contribution is 5.86. The second-order valence-corrected chi connectivity index (χ2v) is 5.70. The summed E-state index contributed by atoms with van der Waals surface area (Å²) in [5.41, 5.74) is -0.361. The van der Waals surface area contributed by atoms with E-state index in [4.69, 9.17) is 5.11 Å². The Balaban J connectivity index is 2.92. The molecule has 1 rings (SSSR count). The van der Waals surface area contributed by atoms with Crippen LogP contribution < -0.4 is 5.32 Å². The number of hydrogen-bond donors (Lipinski definition) is 2. The van der Waals surface area contributed by atoms with E-state index >= 15 is 0 Å². The topological polar surface area (TPSA) is 69.6 Å². The smallest absolute Gasteiger partial charge is 0.323 e. The van der Waals surface area contributed by atoms with Gasteiger partial charge in [0.1, 0.15) is 6.54 Å². The molecule has 1 aliphatic heterocycles. The van der Waals surface area contributed by atoms with Crippen molar-refractivity contribution in [2.24, 2.45) is 5.41 Å². The van der Waals surface area contributed by atoms with Crippen molar-refractivity contribution in [1.29, 1.82) is 0 Å². The maximum absolute atomic E-state index is 12.8. The molecule has 0 bridgehead atoms. The first-order valence-electron chi connectivity index (χ1n) is 7.16. The summed E-state index contributed by atoms with van der Waals surface area (Å²) in [7, 11) is 0. The van der Waals surface area contributed by atoms with Crippen LogP contribution in [0.4, 0.5) is 0 Å². The van der Waals surface area contributed by atoms with Gasteiger partial charge in [-0.2, -0.15) is 0 Å². The summed E-state index contributed by atoms with van der Waals surface area (Å²) in [4.78, 5) is 25.3. The molecule has 0 aliphatic carbocycles. The standard InChI is InChI=1S/C14H26N2O3/c1-4-5-14(6-8-15-9-7-14)13(19)16(11(2)3)10-12(17)18/h11,15H,4-10H2,1-3H3,(H,17,18). The van der Waals surface area contributed by atoms with Gasteiger partial charge in [-0.15, -0.1) is 0 Å². The lowest BCUT2D eigenvalue weighted by atomic mass is 9.74. The van der Waals surface area contributed by atoms with Gasteiger partial charge in [0, 0.05) is 6.04 Å². The van der Waals surface area contributed by atoms with Crippen LogP contribution in [-0.2, 0) is 9.59 Å². The molecule has 1 saturated heterocycles. The summed E-state index contributed by atoms with van der Waals surface area (Å²) >= 11 is 0. The number of piperidine rings is 1. The van der Waals surface area contributed by atoms with Gasteiger partial charge in [0.2, 0.25) is 5.91 Å². The largest absolute Gasteiger partial charge is 0.480 e. The van der Waals surface area contributed by atoms with Crippen LogP contribution in [0.25, 0.3) is 0 Å². The number of hydrogen-bond acceptors (Lipinski definition) is 3. The highest BCUT2D eigenvalue weighted by atomic mass is 16.4. The molecule has 0 aromatic heterocycles. The molecule has 0 saturated carbocycles. The highest BCUT2D eigenvalue weighted by Crippen LogP contribution is 2.36. The molecule has 1 heterocycles. The van der Waals surface area contributed by atoms with E-state index in [9.17, 15) is 9.59 Å². The molecule has 5 nitrogen and oxygen atoms in total. The van der Waals surface area contributed by atoms with Gasteiger partial charge >= 0.3 is 5.97 Å². The van der Waals surface area contributed by atoms with Crippen LogP contribution in [0.15, 0.2) is 0 Å². The summed E-state index contributed by atoms with van der Waals surface area (Å²) in [6, 6.07) is -0.0767. The van der Waals surface area contributed by atoms with E-state index < -0.39 is 5.97 Å². The minimum atomic E-state index is -0.942. The second kappa shape index (κ2) is 6.89. The average Bonchev–Trinajstić information content (AvgIpc) is 2.36. The molecule has 0 aromatic carbocycles. The van der Waals surface area contributed by atoms with E-state index in [2.05, 4.69) is 12.2 Å². The molecule has 0 aromatic rings. The van der Waals surface area contributed by atoms with E-state index in [-0.39, 0.29) is 23.9 Å². The van der Waals surface area contributed by atoms with Crippen molar-refractivity contribution in [3.63, 3.8) is 0 Å². The Morgan fingerprint density at radius 3 is 2.32 bits per heavy atom. The molecule has 1 fully saturated rings. The lowest BCUT2D eigenvalue weighted by molar-refractivity contribution is -0.153. The zero-order valence-corrected chi connectivity index (χ0v) is 12.2. The van der Waals surface area contributed by atoms with Crippen molar-refractivity contribution in [3.05, 3.63) is 0 Å². The fourth-order valence-corrected chi connectivity index (χ4v) is 2.89. The number of nitrogens with zero attached hydrogens (tertiary/aromatic N) is 1. The predicted octanol–water partition coefficient (Wildman–Crippen LogP) is 1.48. The van der Waals surface area contributed by atoms with Crippen molar-refractivity contribution < 1.29 is 14.7 Å². The Hall–Kier alpha value is -1.10. The normalized spacial score (nSPS) is 18.3. The van der Waals surface area contributed by atoms with Crippen LogP contribution in [0.5, 0.6) is 0 Å². The Labute approximate surface area is 115 Å². The van der Waals surface area contributed by atoms with Crippen LogP contribution in [-0.4, -0.2) is 47.6 Å². The summed E-state index contributed by atoms with van der Waals surface area (Å²) in [5, 5.41) is 12.3. The van der Waals surface area contributed by atoms with Crippen LogP contribution in [0.1, 0.15) is 46.5 Å². The number of aliphatic carboxylic acids is 1. The SMILES string of the molecule is CCCC1(C(=O)N(CC(=O)O)C(C)C)CCNCC1. The third kappa shape index (κ3) is 3.93. The van der Waals surface area contributed by atoms with Crippen molar-refractivity contribution >= 4 is 11.9 Å². The number of rotatable bonds is 6. The highest BCUT2D eigenvalue weighted by Gasteiger charge is 2.42. The summed E-state index contributed by atoms with van der Waals surface area (Å²) in [6.07, 6.45) is 3.41. The lowest BCUT2D eigenvalue weighted by Crippen LogP contribution is -2.52. The first-order valence-corrected chi connectivity index (χ1v) is 7.16. The molecule has 0 radical (unpaired) electrons. The van der Waals surface area contributed by atoms with Gasteiger partial charge in [-0.25, -0.2) is 0 Å². The van der Waals surface area contributed by atoms with Crippen molar-refractivity contribution in [2.45, 2.75) is 52.5 Å². The first kappa shape index (κ1) is 16.0. The van der Waals surface area contributed by atoms with Crippen molar-refractivity contribution in [3.8, 4) is 0 Å².